The minimum atomic E-state index is -0.218. The van der Waals surface area contributed by atoms with Crippen molar-refractivity contribution in [2.24, 2.45) is 5.92 Å². The lowest BCUT2D eigenvalue weighted by Crippen LogP contribution is -2.27. The van der Waals surface area contributed by atoms with Crippen molar-refractivity contribution in [1.82, 2.24) is 5.32 Å². The van der Waals surface area contributed by atoms with Gasteiger partial charge in [-0.2, -0.15) is 0 Å². The molecule has 1 aliphatic heterocycles. The number of nitrogens with one attached hydrogen (secondary N) is 1. The number of nitrogens with zero attached hydrogens (tertiary/aromatic N) is 1. The van der Waals surface area contributed by atoms with Crippen LogP contribution in [0.1, 0.15) is 19.8 Å². The summed E-state index contributed by atoms with van der Waals surface area (Å²) >= 11 is 6.09. The normalized spacial score (nSPS) is 19.5. The maximum Gasteiger partial charge on any atom is 0.148 e. The van der Waals surface area contributed by atoms with Crippen LogP contribution in [-0.4, -0.2) is 26.2 Å². The standard InChI is InChI=1S/C14H20ClFN2/c1-2-7-17-9-11-6-8-18(10-11)14-12(15)4-3-5-13(14)16/h3-5,11,17H,2,6-10H2,1H3. The second-order valence-corrected chi connectivity index (χ2v) is 5.28. The molecule has 2 rings (SSSR count). The molecule has 0 amide bonds. The Morgan fingerprint density at radius 2 is 2.33 bits per heavy atom. The summed E-state index contributed by atoms with van der Waals surface area (Å²) in [6.45, 7) is 6.00. The van der Waals surface area contributed by atoms with Gasteiger partial charge in [0.05, 0.1) is 10.7 Å². The van der Waals surface area contributed by atoms with E-state index in [1.807, 2.05) is 0 Å². The molecule has 1 aromatic carbocycles. The largest absolute Gasteiger partial charge is 0.368 e. The summed E-state index contributed by atoms with van der Waals surface area (Å²) < 4.78 is 13.8. The Kier molecular flexibility index (Phi) is 4.84. The van der Waals surface area contributed by atoms with E-state index in [0.717, 1.165) is 39.0 Å². The van der Waals surface area contributed by atoms with Crippen LogP contribution in [-0.2, 0) is 0 Å². The third kappa shape index (κ3) is 3.15. The summed E-state index contributed by atoms with van der Waals surface area (Å²) in [6.07, 6.45) is 2.25. The summed E-state index contributed by atoms with van der Waals surface area (Å²) in [5, 5.41) is 3.94. The number of benzene rings is 1. The second kappa shape index (κ2) is 6.39. The van der Waals surface area contributed by atoms with Crippen LogP contribution in [0.15, 0.2) is 18.2 Å². The van der Waals surface area contributed by atoms with Crippen molar-refractivity contribution in [1.29, 1.82) is 0 Å². The van der Waals surface area contributed by atoms with Crippen LogP contribution >= 0.6 is 11.6 Å². The van der Waals surface area contributed by atoms with Gasteiger partial charge in [-0.1, -0.05) is 24.6 Å². The van der Waals surface area contributed by atoms with Crippen molar-refractivity contribution < 1.29 is 4.39 Å². The highest BCUT2D eigenvalue weighted by molar-refractivity contribution is 6.33. The van der Waals surface area contributed by atoms with E-state index in [2.05, 4.69) is 17.1 Å². The molecule has 1 aromatic rings. The number of rotatable bonds is 5. The van der Waals surface area contributed by atoms with Gasteiger partial charge < -0.3 is 10.2 Å². The summed E-state index contributed by atoms with van der Waals surface area (Å²) in [6, 6.07) is 4.88. The van der Waals surface area contributed by atoms with Gasteiger partial charge in [0.2, 0.25) is 0 Å². The Bertz CT molecular complexity index is 377. The number of hydrogen-bond acceptors (Lipinski definition) is 2. The molecule has 0 saturated carbocycles. The lowest BCUT2D eigenvalue weighted by Gasteiger charge is -2.20. The van der Waals surface area contributed by atoms with Crippen molar-refractivity contribution in [3.05, 3.63) is 29.0 Å². The van der Waals surface area contributed by atoms with Gasteiger partial charge in [0.25, 0.3) is 0 Å². The minimum absolute atomic E-state index is 0.218. The Morgan fingerprint density at radius 1 is 1.50 bits per heavy atom. The molecule has 1 saturated heterocycles. The Hall–Kier alpha value is -0.800. The topological polar surface area (TPSA) is 15.3 Å². The van der Waals surface area contributed by atoms with Crippen LogP contribution in [0.25, 0.3) is 0 Å². The fraction of sp³-hybridized carbons (Fsp3) is 0.571. The summed E-state index contributed by atoms with van der Waals surface area (Å²) in [5.41, 5.74) is 0.567. The molecular weight excluding hydrogens is 251 g/mol. The van der Waals surface area contributed by atoms with E-state index in [1.54, 1.807) is 12.1 Å². The second-order valence-electron chi connectivity index (χ2n) is 4.88. The van der Waals surface area contributed by atoms with Crippen LogP contribution in [0, 0.1) is 11.7 Å². The molecule has 0 bridgehead atoms. The molecule has 1 unspecified atom stereocenters. The fourth-order valence-corrected chi connectivity index (χ4v) is 2.76. The fourth-order valence-electron chi connectivity index (χ4n) is 2.48. The predicted molar refractivity (Wildman–Crippen MR) is 74.9 cm³/mol. The van der Waals surface area contributed by atoms with Gasteiger partial charge in [-0.15, -0.1) is 0 Å². The number of para-hydroxylation sites is 1. The SMILES string of the molecule is CCCNCC1CCN(c2c(F)cccc2Cl)C1. The molecule has 4 heteroatoms. The maximum absolute atomic E-state index is 13.8. The van der Waals surface area contributed by atoms with E-state index in [0.29, 0.717) is 16.6 Å². The van der Waals surface area contributed by atoms with E-state index in [1.165, 1.54) is 6.07 Å². The van der Waals surface area contributed by atoms with Crippen LogP contribution in [0.4, 0.5) is 10.1 Å². The smallest absolute Gasteiger partial charge is 0.148 e. The molecule has 0 aliphatic carbocycles. The van der Waals surface area contributed by atoms with E-state index in [-0.39, 0.29) is 5.82 Å². The lowest BCUT2D eigenvalue weighted by atomic mass is 10.1. The van der Waals surface area contributed by atoms with E-state index in [4.69, 9.17) is 11.6 Å². The lowest BCUT2D eigenvalue weighted by molar-refractivity contribution is 0.515. The van der Waals surface area contributed by atoms with E-state index >= 15 is 0 Å². The molecule has 100 valence electrons. The first-order valence-corrected chi connectivity index (χ1v) is 6.99. The van der Waals surface area contributed by atoms with Gasteiger partial charge in [-0.05, 0) is 44.0 Å². The predicted octanol–water partition coefficient (Wildman–Crippen LogP) is 3.31. The monoisotopic (exact) mass is 270 g/mol. The maximum atomic E-state index is 13.8. The molecule has 1 aliphatic rings. The van der Waals surface area contributed by atoms with Crippen molar-refractivity contribution in [2.45, 2.75) is 19.8 Å². The summed E-state index contributed by atoms with van der Waals surface area (Å²) in [7, 11) is 0. The number of anilines is 1. The molecule has 18 heavy (non-hydrogen) atoms. The molecule has 1 heterocycles. The van der Waals surface area contributed by atoms with Gasteiger partial charge in [-0.25, -0.2) is 4.39 Å². The highest BCUT2D eigenvalue weighted by Crippen LogP contribution is 2.32. The van der Waals surface area contributed by atoms with E-state index < -0.39 is 0 Å². The zero-order valence-electron chi connectivity index (χ0n) is 10.8. The first-order valence-electron chi connectivity index (χ1n) is 6.62. The first-order chi connectivity index (χ1) is 8.72. The summed E-state index contributed by atoms with van der Waals surface area (Å²) in [4.78, 5) is 2.07. The molecule has 1 fully saturated rings. The quantitative estimate of drug-likeness (QED) is 0.826. The molecule has 0 radical (unpaired) electrons. The number of hydrogen-bond donors (Lipinski definition) is 1. The molecule has 2 nitrogen and oxygen atoms in total. The first kappa shape index (κ1) is 13.6. The third-order valence-corrected chi connectivity index (χ3v) is 3.70. The Labute approximate surface area is 113 Å². The highest BCUT2D eigenvalue weighted by Gasteiger charge is 2.25. The zero-order chi connectivity index (χ0) is 13.0. The number of halogens is 2. The average molecular weight is 271 g/mol. The average Bonchev–Trinajstić information content (AvgIpc) is 2.78. The van der Waals surface area contributed by atoms with Crippen molar-refractivity contribution in [2.75, 3.05) is 31.1 Å². The van der Waals surface area contributed by atoms with Crippen molar-refractivity contribution in [3.8, 4) is 0 Å². The van der Waals surface area contributed by atoms with Crippen molar-refractivity contribution >= 4 is 17.3 Å². The van der Waals surface area contributed by atoms with Crippen LogP contribution in [0.2, 0.25) is 5.02 Å². The highest BCUT2D eigenvalue weighted by atomic mass is 35.5. The minimum Gasteiger partial charge on any atom is -0.368 e. The molecule has 1 N–H and O–H groups in total. The van der Waals surface area contributed by atoms with Crippen LogP contribution in [0.5, 0.6) is 0 Å². The van der Waals surface area contributed by atoms with Gasteiger partial charge in [0.15, 0.2) is 0 Å². The van der Waals surface area contributed by atoms with Gasteiger partial charge in [0.1, 0.15) is 5.82 Å². The Balaban J connectivity index is 1.96. The Morgan fingerprint density at radius 3 is 3.06 bits per heavy atom. The van der Waals surface area contributed by atoms with Crippen LogP contribution in [0.3, 0.4) is 0 Å². The van der Waals surface area contributed by atoms with Gasteiger partial charge >= 0.3 is 0 Å². The summed E-state index contributed by atoms with van der Waals surface area (Å²) in [5.74, 6) is 0.372. The van der Waals surface area contributed by atoms with Crippen LogP contribution < -0.4 is 10.2 Å². The van der Waals surface area contributed by atoms with Crippen molar-refractivity contribution in [3.63, 3.8) is 0 Å². The van der Waals surface area contributed by atoms with Gasteiger partial charge in [0, 0.05) is 13.1 Å². The molecule has 0 aromatic heterocycles. The molecule has 0 spiro atoms. The van der Waals surface area contributed by atoms with E-state index in [9.17, 15) is 4.39 Å². The third-order valence-electron chi connectivity index (χ3n) is 3.40. The molecular formula is C14H20ClFN2. The molecule has 1 atom stereocenters. The van der Waals surface area contributed by atoms with Gasteiger partial charge in [-0.3, -0.25) is 0 Å². The zero-order valence-corrected chi connectivity index (χ0v) is 11.5.